The van der Waals surface area contributed by atoms with Crippen molar-refractivity contribution in [3.8, 4) is 0 Å². The molecule has 2 bridgehead atoms. The normalized spacial score (nSPS) is 52.9. The number of hydrogen-bond acceptors (Lipinski definition) is 0. The summed E-state index contributed by atoms with van der Waals surface area (Å²) in [4.78, 5) is 0. The molecule has 44 valence electrons. The van der Waals surface area contributed by atoms with E-state index in [1.807, 2.05) is 0 Å². The van der Waals surface area contributed by atoms with Crippen molar-refractivity contribution in [3.63, 3.8) is 0 Å². The van der Waals surface area contributed by atoms with Crippen LogP contribution in [-0.4, -0.2) is 16.9 Å². The van der Waals surface area contributed by atoms with E-state index in [-0.39, 0.29) is 0 Å². The second kappa shape index (κ2) is 1.77. The summed E-state index contributed by atoms with van der Waals surface area (Å²) in [7, 11) is 0. The fourth-order valence-corrected chi connectivity index (χ4v) is 3.40. The topological polar surface area (TPSA) is 0 Å². The Hall–Kier alpha value is 0.558. The van der Waals surface area contributed by atoms with E-state index in [0.29, 0.717) is 0 Å². The summed E-state index contributed by atoms with van der Waals surface area (Å²) >= 11 is 2.85. The summed E-state index contributed by atoms with van der Waals surface area (Å²) < 4.78 is 1.02. The monoisotopic (exact) mass is 170 g/mol. The number of hydrogen-bond donors (Lipinski definition) is 0. The Labute approximate surface area is 59.5 Å². The molecule has 0 aromatic rings. The molecule has 0 nitrogen and oxygen atoms in total. The second-order valence-electron chi connectivity index (χ2n) is 3.24. The Morgan fingerprint density at radius 1 is 1.12 bits per heavy atom. The molecule has 0 spiro atoms. The van der Waals surface area contributed by atoms with E-state index in [1.165, 1.54) is 12.8 Å². The molecule has 2 aliphatic carbocycles. The van der Waals surface area contributed by atoms with Crippen molar-refractivity contribution in [1.82, 2.24) is 0 Å². The molecule has 3 atom stereocenters. The van der Waals surface area contributed by atoms with E-state index < -0.39 is 0 Å². The van der Waals surface area contributed by atoms with E-state index in [4.69, 9.17) is 0 Å². The van der Waals surface area contributed by atoms with Gasteiger partial charge in [-0.25, -0.2) is 0 Å². The molecule has 2 rings (SSSR count). The first-order valence-corrected chi connectivity index (χ1v) is 4.62. The number of rotatable bonds is 0. The summed E-state index contributed by atoms with van der Waals surface area (Å²) in [6, 6.07) is 0. The standard InChI is InChI=1S/C7H11As/c8-7-4-5-1-2-6(7)3-5/h5-7H,1-4H2. The minimum absolute atomic E-state index is 1.02. The predicted octanol–water partition coefficient (Wildman–Crippen LogP) is 1.76. The van der Waals surface area contributed by atoms with Crippen molar-refractivity contribution in [2.45, 2.75) is 30.4 Å². The van der Waals surface area contributed by atoms with Crippen molar-refractivity contribution in [2.75, 3.05) is 0 Å². The van der Waals surface area contributed by atoms with Crippen LogP contribution in [0.15, 0.2) is 0 Å². The second-order valence-corrected chi connectivity index (χ2v) is 4.63. The van der Waals surface area contributed by atoms with Crippen LogP contribution in [0.4, 0.5) is 0 Å². The van der Waals surface area contributed by atoms with Crippen LogP contribution in [0.25, 0.3) is 0 Å². The van der Waals surface area contributed by atoms with Crippen molar-refractivity contribution < 1.29 is 0 Å². The molecule has 2 radical (unpaired) electrons. The van der Waals surface area contributed by atoms with Gasteiger partial charge in [0.05, 0.1) is 0 Å². The molecule has 8 heavy (non-hydrogen) atoms. The van der Waals surface area contributed by atoms with Crippen molar-refractivity contribution >= 4 is 16.9 Å². The fraction of sp³-hybridized carbons (Fsp3) is 1.00. The van der Waals surface area contributed by atoms with Gasteiger partial charge in [-0.2, -0.15) is 0 Å². The minimum atomic E-state index is 1.02. The van der Waals surface area contributed by atoms with Crippen molar-refractivity contribution in [1.29, 1.82) is 0 Å². The van der Waals surface area contributed by atoms with E-state index >= 15 is 0 Å². The third-order valence-electron chi connectivity index (χ3n) is 2.70. The molecule has 0 aromatic carbocycles. The molecule has 0 N–H and O–H groups in total. The average molecular weight is 170 g/mol. The van der Waals surface area contributed by atoms with Gasteiger partial charge in [-0.05, 0) is 0 Å². The Bertz CT molecular complexity index is 98.6. The SMILES string of the molecule is [As]C1CC2CCC1C2. The predicted molar refractivity (Wildman–Crippen MR) is 35.0 cm³/mol. The first kappa shape index (κ1) is 5.35. The van der Waals surface area contributed by atoms with E-state index in [0.717, 1.165) is 16.5 Å². The molecular weight excluding hydrogens is 159 g/mol. The molecule has 0 saturated heterocycles. The zero-order valence-corrected chi connectivity index (χ0v) is 6.88. The third kappa shape index (κ3) is 0.657. The molecule has 2 fully saturated rings. The molecule has 0 aliphatic heterocycles. The quantitative estimate of drug-likeness (QED) is 0.486. The van der Waals surface area contributed by atoms with Crippen LogP contribution >= 0.6 is 0 Å². The Morgan fingerprint density at radius 3 is 2.25 bits per heavy atom. The van der Waals surface area contributed by atoms with E-state index in [2.05, 4.69) is 16.9 Å². The van der Waals surface area contributed by atoms with Crippen LogP contribution in [0.2, 0.25) is 4.71 Å². The summed E-state index contributed by atoms with van der Waals surface area (Å²) in [6.07, 6.45) is 6.15. The van der Waals surface area contributed by atoms with Gasteiger partial charge in [-0.15, -0.1) is 0 Å². The number of fused-ring (bicyclic) bond motifs is 2. The summed E-state index contributed by atoms with van der Waals surface area (Å²) in [5.74, 6) is 2.24. The fourth-order valence-electron chi connectivity index (χ4n) is 2.21. The van der Waals surface area contributed by atoms with Crippen LogP contribution in [-0.2, 0) is 0 Å². The van der Waals surface area contributed by atoms with Crippen LogP contribution in [0.1, 0.15) is 25.7 Å². The molecule has 2 saturated carbocycles. The van der Waals surface area contributed by atoms with Crippen molar-refractivity contribution in [2.24, 2.45) is 11.8 Å². The van der Waals surface area contributed by atoms with Crippen LogP contribution < -0.4 is 0 Å². The Morgan fingerprint density at radius 2 is 2.00 bits per heavy atom. The maximum absolute atomic E-state index is 2.85. The first-order chi connectivity index (χ1) is 3.86. The van der Waals surface area contributed by atoms with Gasteiger partial charge in [0, 0.05) is 0 Å². The van der Waals surface area contributed by atoms with Gasteiger partial charge in [-0.3, -0.25) is 0 Å². The van der Waals surface area contributed by atoms with Gasteiger partial charge >= 0.3 is 59.1 Å². The van der Waals surface area contributed by atoms with Gasteiger partial charge in [0.25, 0.3) is 0 Å². The summed E-state index contributed by atoms with van der Waals surface area (Å²) in [5, 5.41) is 0. The Kier molecular flexibility index (Phi) is 1.18. The first-order valence-electron chi connectivity index (χ1n) is 3.54. The molecule has 0 aromatic heterocycles. The third-order valence-corrected chi connectivity index (χ3v) is 4.03. The average Bonchev–Trinajstić information content (AvgIpc) is 2.23. The molecular formula is C7H11As. The van der Waals surface area contributed by atoms with Gasteiger partial charge in [0.1, 0.15) is 0 Å². The summed E-state index contributed by atoms with van der Waals surface area (Å²) in [6.45, 7) is 0. The molecule has 0 amide bonds. The van der Waals surface area contributed by atoms with Crippen LogP contribution in [0, 0.1) is 11.8 Å². The molecule has 0 heterocycles. The van der Waals surface area contributed by atoms with Crippen molar-refractivity contribution in [3.05, 3.63) is 0 Å². The van der Waals surface area contributed by atoms with Gasteiger partial charge in [0.15, 0.2) is 0 Å². The van der Waals surface area contributed by atoms with Crippen LogP contribution in [0.5, 0.6) is 0 Å². The molecule has 3 unspecified atom stereocenters. The van der Waals surface area contributed by atoms with E-state index in [1.54, 1.807) is 12.8 Å². The van der Waals surface area contributed by atoms with Gasteiger partial charge in [0.2, 0.25) is 0 Å². The van der Waals surface area contributed by atoms with Gasteiger partial charge < -0.3 is 0 Å². The zero-order chi connectivity index (χ0) is 5.56. The summed E-state index contributed by atoms with van der Waals surface area (Å²) in [5.41, 5.74) is 0. The molecule has 2 aliphatic rings. The van der Waals surface area contributed by atoms with Crippen LogP contribution in [0.3, 0.4) is 0 Å². The maximum atomic E-state index is 2.85. The van der Waals surface area contributed by atoms with Gasteiger partial charge in [-0.1, -0.05) is 0 Å². The molecule has 1 heteroatoms. The van der Waals surface area contributed by atoms with E-state index in [9.17, 15) is 0 Å². The Balaban J connectivity index is 2.11. The zero-order valence-electron chi connectivity index (χ0n) is 5.01.